The van der Waals surface area contributed by atoms with Crippen LogP contribution in [-0.4, -0.2) is 12.1 Å². The number of rotatable bonds is 3. The molecule has 0 saturated carbocycles. The Bertz CT molecular complexity index is 357. The van der Waals surface area contributed by atoms with Gasteiger partial charge < -0.3 is 0 Å². The molecule has 0 radical (unpaired) electrons. The van der Waals surface area contributed by atoms with Gasteiger partial charge in [0.25, 0.3) is 0 Å². The standard InChI is InChI=1S/C9H8BrF5S/c1-2-5-3-4-6(16-5)7(10)8(11,12)9(13,14)15/h3-4,7H,2H2,1H3. The molecule has 0 amide bonds. The Morgan fingerprint density at radius 1 is 1.25 bits per heavy atom. The summed E-state index contributed by atoms with van der Waals surface area (Å²) in [5, 5.41) is 0. The molecular weight excluding hydrogens is 315 g/mol. The maximum atomic E-state index is 13.0. The van der Waals surface area contributed by atoms with E-state index in [0.29, 0.717) is 6.42 Å². The van der Waals surface area contributed by atoms with Gasteiger partial charge in [0.2, 0.25) is 0 Å². The van der Waals surface area contributed by atoms with E-state index in [2.05, 4.69) is 15.9 Å². The van der Waals surface area contributed by atoms with Crippen molar-refractivity contribution in [2.75, 3.05) is 0 Å². The first kappa shape index (κ1) is 13.9. The molecule has 1 atom stereocenters. The lowest BCUT2D eigenvalue weighted by molar-refractivity contribution is -0.281. The van der Waals surface area contributed by atoms with Gasteiger partial charge in [0.05, 0.1) is 0 Å². The molecule has 0 N–H and O–H groups in total. The van der Waals surface area contributed by atoms with Gasteiger partial charge in [-0.25, -0.2) is 0 Å². The highest BCUT2D eigenvalue weighted by atomic mass is 79.9. The van der Waals surface area contributed by atoms with Gasteiger partial charge in [-0.15, -0.1) is 11.3 Å². The summed E-state index contributed by atoms with van der Waals surface area (Å²) in [4.78, 5) is -1.26. The van der Waals surface area contributed by atoms with Gasteiger partial charge in [-0.3, -0.25) is 0 Å². The lowest BCUT2D eigenvalue weighted by Crippen LogP contribution is -2.39. The van der Waals surface area contributed by atoms with Gasteiger partial charge in [-0.05, 0) is 18.6 Å². The summed E-state index contributed by atoms with van der Waals surface area (Å²) in [5.41, 5.74) is 0. The molecule has 1 aromatic heterocycles. The number of aryl methyl sites for hydroxylation is 1. The second-order valence-corrected chi connectivity index (χ2v) is 5.26. The van der Waals surface area contributed by atoms with Crippen LogP contribution in [0.3, 0.4) is 0 Å². The number of thiophene rings is 1. The zero-order valence-corrected chi connectivity index (χ0v) is 10.5. The quantitative estimate of drug-likeness (QED) is 0.546. The van der Waals surface area contributed by atoms with Crippen LogP contribution < -0.4 is 0 Å². The number of hydrogen-bond acceptors (Lipinski definition) is 1. The van der Waals surface area contributed by atoms with Crippen molar-refractivity contribution in [3.8, 4) is 0 Å². The molecule has 92 valence electrons. The largest absolute Gasteiger partial charge is 0.454 e. The van der Waals surface area contributed by atoms with E-state index in [1.165, 1.54) is 6.07 Å². The van der Waals surface area contributed by atoms with Crippen LogP contribution in [0.1, 0.15) is 21.5 Å². The van der Waals surface area contributed by atoms with Crippen molar-refractivity contribution in [2.24, 2.45) is 0 Å². The average Bonchev–Trinajstić information content (AvgIpc) is 2.62. The number of alkyl halides is 6. The molecule has 0 aromatic carbocycles. The third-order valence-electron chi connectivity index (χ3n) is 1.98. The van der Waals surface area contributed by atoms with Crippen molar-refractivity contribution < 1.29 is 22.0 Å². The van der Waals surface area contributed by atoms with Gasteiger partial charge in [0.1, 0.15) is 4.83 Å². The molecular formula is C9H8BrF5S. The van der Waals surface area contributed by atoms with E-state index in [1.807, 2.05) is 0 Å². The van der Waals surface area contributed by atoms with Gasteiger partial charge in [0, 0.05) is 9.75 Å². The summed E-state index contributed by atoms with van der Waals surface area (Å²) >= 11 is 3.38. The zero-order chi connectivity index (χ0) is 12.6. The molecule has 0 aliphatic heterocycles. The average molecular weight is 323 g/mol. The zero-order valence-electron chi connectivity index (χ0n) is 8.12. The first-order valence-electron chi connectivity index (χ1n) is 4.37. The fourth-order valence-electron chi connectivity index (χ4n) is 1.04. The van der Waals surface area contributed by atoms with E-state index < -0.39 is 16.9 Å². The van der Waals surface area contributed by atoms with Crippen molar-refractivity contribution in [1.29, 1.82) is 0 Å². The molecule has 16 heavy (non-hydrogen) atoms. The van der Waals surface area contributed by atoms with Crippen LogP contribution in [0.5, 0.6) is 0 Å². The van der Waals surface area contributed by atoms with Crippen LogP contribution >= 0.6 is 27.3 Å². The topological polar surface area (TPSA) is 0 Å². The van der Waals surface area contributed by atoms with Crippen LogP contribution in [0, 0.1) is 0 Å². The van der Waals surface area contributed by atoms with E-state index in [1.54, 1.807) is 13.0 Å². The van der Waals surface area contributed by atoms with Crippen molar-refractivity contribution in [3.05, 3.63) is 21.9 Å². The van der Waals surface area contributed by atoms with E-state index in [0.717, 1.165) is 16.2 Å². The number of halogens is 6. The molecule has 0 saturated heterocycles. The molecule has 0 aliphatic rings. The Morgan fingerprint density at radius 3 is 2.19 bits per heavy atom. The predicted molar refractivity (Wildman–Crippen MR) is 56.4 cm³/mol. The minimum absolute atomic E-state index is 0.0147. The fraction of sp³-hybridized carbons (Fsp3) is 0.556. The highest BCUT2D eigenvalue weighted by molar-refractivity contribution is 9.09. The van der Waals surface area contributed by atoms with Crippen LogP contribution in [0.15, 0.2) is 12.1 Å². The maximum absolute atomic E-state index is 13.0. The summed E-state index contributed by atoms with van der Waals surface area (Å²) in [6.45, 7) is 1.81. The predicted octanol–water partition coefficient (Wildman–Crippen LogP) is 4.94. The number of hydrogen-bond donors (Lipinski definition) is 0. The third kappa shape index (κ3) is 2.56. The summed E-state index contributed by atoms with van der Waals surface area (Å²) in [7, 11) is 0. The van der Waals surface area contributed by atoms with Crippen LogP contribution in [0.4, 0.5) is 22.0 Å². The van der Waals surface area contributed by atoms with Gasteiger partial charge in [-0.2, -0.15) is 22.0 Å². The molecule has 1 unspecified atom stereocenters. The SMILES string of the molecule is CCc1ccc(C(Br)C(F)(F)C(F)(F)F)s1. The fourth-order valence-corrected chi connectivity index (χ4v) is 2.71. The highest BCUT2D eigenvalue weighted by Gasteiger charge is 2.62. The second-order valence-electron chi connectivity index (χ2n) is 3.14. The van der Waals surface area contributed by atoms with Gasteiger partial charge >= 0.3 is 12.1 Å². The first-order chi connectivity index (χ1) is 7.20. The van der Waals surface area contributed by atoms with E-state index in [-0.39, 0.29) is 4.88 Å². The normalized spacial score (nSPS) is 15.2. The summed E-state index contributed by atoms with van der Waals surface area (Å²) in [6.07, 6.45) is -4.93. The lowest BCUT2D eigenvalue weighted by atomic mass is 10.2. The minimum atomic E-state index is -5.54. The highest BCUT2D eigenvalue weighted by Crippen LogP contribution is 2.50. The molecule has 0 bridgehead atoms. The van der Waals surface area contributed by atoms with Crippen molar-refractivity contribution in [1.82, 2.24) is 0 Å². The summed E-state index contributed by atoms with van der Waals surface area (Å²) in [5.74, 6) is -4.76. The summed E-state index contributed by atoms with van der Waals surface area (Å²) in [6, 6.07) is 2.85. The Kier molecular flexibility index (Phi) is 3.99. The lowest BCUT2D eigenvalue weighted by Gasteiger charge is -2.23. The van der Waals surface area contributed by atoms with Crippen molar-refractivity contribution in [2.45, 2.75) is 30.3 Å². The van der Waals surface area contributed by atoms with Crippen LogP contribution in [-0.2, 0) is 6.42 Å². The van der Waals surface area contributed by atoms with E-state index in [9.17, 15) is 22.0 Å². The van der Waals surface area contributed by atoms with Crippen molar-refractivity contribution >= 4 is 27.3 Å². The Morgan fingerprint density at radius 2 is 1.81 bits per heavy atom. The van der Waals surface area contributed by atoms with Gasteiger partial charge in [-0.1, -0.05) is 22.9 Å². The molecule has 0 spiro atoms. The molecule has 1 aromatic rings. The second kappa shape index (κ2) is 4.60. The molecule has 7 heteroatoms. The molecule has 1 heterocycles. The first-order valence-corrected chi connectivity index (χ1v) is 6.10. The smallest absolute Gasteiger partial charge is 0.195 e. The van der Waals surface area contributed by atoms with E-state index >= 15 is 0 Å². The maximum Gasteiger partial charge on any atom is 0.454 e. The van der Waals surface area contributed by atoms with E-state index in [4.69, 9.17) is 0 Å². The third-order valence-corrected chi connectivity index (χ3v) is 4.64. The monoisotopic (exact) mass is 322 g/mol. The Hall–Kier alpha value is -0.170. The van der Waals surface area contributed by atoms with Crippen LogP contribution in [0.25, 0.3) is 0 Å². The Balaban J connectivity index is 2.97. The van der Waals surface area contributed by atoms with Crippen LogP contribution in [0.2, 0.25) is 0 Å². The molecule has 0 aliphatic carbocycles. The summed E-state index contributed by atoms with van der Waals surface area (Å²) < 4.78 is 62.2. The molecule has 1 rings (SSSR count). The van der Waals surface area contributed by atoms with Crippen molar-refractivity contribution in [3.63, 3.8) is 0 Å². The Labute approximate surface area is 102 Å². The minimum Gasteiger partial charge on any atom is -0.195 e. The van der Waals surface area contributed by atoms with Gasteiger partial charge in [0.15, 0.2) is 0 Å². The molecule has 0 fully saturated rings. The molecule has 0 nitrogen and oxygen atoms in total.